The van der Waals surface area contributed by atoms with Crippen LogP contribution in [0.2, 0.25) is 0 Å². The van der Waals surface area contributed by atoms with Gasteiger partial charge < -0.3 is 5.32 Å². The van der Waals surface area contributed by atoms with Crippen molar-refractivity contribution in [2.75, 3.05) is 25.9 Å². The van der Waals surface area contributed by atoms with Gasteiger partial charge in [-0.05, 0) is 32.2 Å². The highest BCUT2D eigenvalue weighted by Gasteiger charge is 2.34. The van der Waals surface area contributed by atoms with Gasteiger partial charge in [0.05, 0.1) is 5.75 Å². The summed E-state index contributed by atoms with van der Waals surface area (Å²) in [6.07, 6.45) is 5.34. The maximum atomic E-state index is 12.1. The van der Waals surface area contributed by atoms with Crippen LogP contribution >= 0.6 is 12.4 Å². The third-order valence-electron chi connectivity index (χ3n) is 3.60. The first kappa shape index (κ1) is 15.2. The molecule has 2 fully saturated rings. The minimum Gasteiger partial charge on any atom is -0.318 e. The van der Waals surface area contributed by atoms with Crippen LogP contribution in [0.15, 0.2) is 0 Å². The van der Waals surface area contributed by atoms with Crippen LogP contribution < -0.4 is 5.32 Å². The quantitative estimate of drug-likeness (QED) is 0.797. The number of hydrogen-bond donors (Lipinski definition) is 1. The summed E-state index contributed by atoms with van der Waals surface area (Å²) in [6.45, 7) is 1.50. The SMILES string of the molecule is CNCC1CCCN1S(=O)(=O)CCC1CC1.Cl. The molecule has 1 saturated heterocycles. The lowest BCUT2D eigenvalue weighted by atomic mass is 10.2. The molecule has 0 aromatic heterocycles. The molecule has 4 nitrogen and oxygen atoms in total. The van der Waals surface area contributed by atoms with Gasteiger partial charge in [-0.25, -0.2) is 8.42 Å². The fourth-order valence-electron chi connectivity index (χ4n) is 2.45. The lowest BCUT2D eigenvalue weighted by Crippen LogP contribution is -2.41. The number of hydrogen-bond acceptors (Lipinski definition) is 3. The van der Waals surface area contributed by atoms with Gasteiger partial charge >= 0.3 is 0 Å². The van der Waals surface area contributed by atoms with Crippen molar-refractivity contribution in [1.82, 2.24) is 9.62 Å². The Hall–Kier alpha value is 0.160. The van der Waals surface area contributed by atoms with Gasteiger partial charge in [-0.2, -0.15) is 4.31 Å². The topological polar surface area (TPSA) is 49.4 Å². The fraction of sp³-hybridized carbons (Fsp3) is 1.00. The number of likely N-dealkylation sites (N-methyl/N-ethyl adjacent to an activating group) is 1. The van der Waals surface area contributed by atoms with Gasteiger partial charge in [-0.15, -0.1) is 12.4 Å². The second kappa shape index (κ2) is 6.36. The van der Waals surface area contributed by atoms with Gasteiger partial charge in [-0.3, -0.25) is 0 Å². The van der Waals surface area contributed by atoms with Crippen molar-refractivity contribution in [1.29, 1.82) is 0 Å². The summed E-state index contributed by atoms with van der Waals surface area (Å²) in [5, 5.41) is 3.08. The third-order valence-corrected chi connectivity index (χ3v) is 5.55. The van der Waals surface area contributed by atoms with Crippen molar-refractivity contribution < 1.29 is 8.42 Å². The Balaban J connectivity index is 0.00000144. The van der Waals surface area contributed by atoms with Crippen molar-refractivity contribution in [3.05, 3.63) is 0 Å². The predicted molar refractivity (Wildman–Crippen MR) is 72.0 cm³/mol. The Morgan fingerprint density at radius 3 is 2.59 bits per heavy atom. The molecule has 17 heavy (non-hydrogen) atoms. The summed E-state index contributed by atoms with van der Waals surface area (Å²) in [5.41, 5.74) is 0. The van der Waals surface area contributed by atoms with Crippen LogP contribution in [0.3, 0.4) is 0 Å². The van der Waals surface area contributed by atoms with E-state index in [9.17, 15) is 8.42 Å². The fourth-order valence-corrected chi connectivity index (χ4v) is 4.36. The summed E-state index contributed by atoms with van der Waals surface area (Å²) < 4.78 is 26.0. The van der Waals surface area contributed by atoms with E-state index in [1.54, 1.807) is 4.31 Å². The van der Waals surface area contributed by atoms with E-state index in [4.69, 9.17) is 0 Å². The van der Waals surface area contributed by atoms with Crippen LogP contribution in [0.25, 0.3) is 0 Å². The van der Waals surface area contributed by atoms with Gasteiger partial charge in [0.25, 0.3) is 0 Å². The number of sulfonamides is 1. The summed E-state index contributed by atoms with van der Waals surface area (Å²) in [7, 11) is -1.11. The molecule has 2 aliphatic rings. The van der Waals surface area contributed by atoms with Crippen molar-refractivity contribution >= 4 is 22.4 Å². The average Bonchev–Trinajstić information content (AvgIpc) is 2.95. The minimum atomic E-state index is -2.99. The van der Waals surface area contributed by atoms with Gasteiger partial charge in [0.1, 0.15) is 0 Å². The van der Waals surface area contributed by atoms with Crippen molar-refractivity contribution in [2.45, 2.75) is 38.1 Å². The molecule has 1 atom stereocenters. The molecule has 1 heterocycles. The average molecular weight is 283 g/mol. The highest BCUT2D eigenvalue weighted by Crippen LogP contribution is 2.33. The monoisotopic (exact) mass is 282 g/mol. The molecule has 0 aromatic rings. The zero-order chi connectivity index (χ0) is 11.6. The van der Waals surface area contributed by atoms with E-state index >= 15 is 0 Å². The third kappa shape index (κ3) is 4.09. The number of nitrogens with zero attached hydrogens (tertiary/aromatic N) is 1. The lowest BCUT2D eigenvalue weighted by molar-refractivity contribution is 0.378. The number of rotatable bonds is 6. The Labute approximate surface area is 111 Å². The molecule has 0 aromatic carbocycles. The van der Waals surface area contributed by atoms with E-state index in [0.717, 1.165) is 32.4 Å². The summed E-state index contributed by atoms with van der Waals surface area (Å²) >= 11 is 0. The molecule has 2 rings (SSSR count). The van der Waals surface area contributed by atoms with Crippen LogP contribution in [0, 0.1) is 5.92 Å². The highest BCUT2D eigenvalue weighted by atomic mass is 35.5. The van der Waals surface area contributed by atoms with E-state index in [1.807, 2.05) is 7.05 Å². The summed E-state index contributed by atoms with van der Waals surface area (Å²) in [5.74, 6) is 1.05. The van der Waals surface area contributed by atoms with Gasteiger partial charge in [0.15, 0.2) is 0 Å². The molecule has 1 saturated carbocycles. The van der Waals surface area contributed by atoms with Crippen LogP contribution in [0.1, 0.15) is 32.1 Å². The van der Waals surface area contributed by atoms with Crippen molar-refractivity contribution in [3.63, 3.8) is 0 Å². The van der Waals surface area contributed by atoms with Gasteiger partial charge in [0.2, 0.25) is 10.0 Å². The lowest BCUT2D eigenvalue weighted by Gasteiger charge is -2.23. The first-order valence-corrected chi connectivity index (χ1v) is 7.88. The molecule has 102 valence electrons. The highest BCUT2D eigenvalue weighted by molar-refractivity contribution is 7.89. The number of nitrogens with one attached hydrogen (secondary N) is 1. The normalized spacial score (nSPS) is 25.8. The molecule has 0 radical (unpaired) electrons. The summed E-state index contributed by atoms with van der Waals surface area (Å²) in [4.78, 5) is 0. The molecule has 1 unspecified atom stereocenters. The second-order valence-corrected chi connectivity index (χ2v) is 7.05. The zero-order valence-electron chi connectivity index (χ0n) is 10.4. The Kier molecular flexibility index (Phi) is 5.70. The maximum Gasteiger partial charge on any atom is 0.214 e. The first-order chi connectivity index (χ1) is 7.63. The number of halogens is 1. The Morgan fingerprint density at radius 2 is 2.00 bits per heavy atom. The molecule has 0 spiro atoms. The largest absolute Gasteiger partial charge is 0.318 e. The van der Waals surface area contributed by atoms with E-state index in [0.29, 0.717) is 11.7 Å². The summed E-state index contributed by atoms with van der Waals surface area (Å²) in [6, 6.07) is 0.189. The maximum absolute atomic E-state index is 12.1. The van der Waals surface area contributed by atoms with Crippen LogP contribution in [0.4, 0.5) is 0 Å². The zero-order valence-corrected chi connectivity index (χ0v) is 12.0. The van der Waals surface area contributed by atoms with Crippen LogP contribution in [-0.4, -0.2) is 44.7 Å². The first-order valence-electron chi connectivity index (χ1n) is 6.27. The molecule has 1 aliphatic heterocycles. The van der Waals surface area contributed by atoms with E-state index in [1.165, 1.54) is 12.8 Å². The van der Waals surface area contributed by atoms with E-state index < -0.39 is 10.0 Å². The van der Waals surface area contributed by atoms with E-state index in [2.05, 4.69) is 5.32 Å². The van der Waals surface area contributed by atoms with Crippen molar-refractivity contribution in [3.8, 4) is 0 Å². The predicted octanol–water partition coefficient (Wildman–Crippen LogP) is 1.22. The molecule has 0 amide bonds. The second-order valence-electron chi connectivity index (χ2n) is 5.01. The molecule has 1 aliphatic carbocycles. The molecular formula is C11H23ClN2O2S. The smallest absolute Gasteiger partial charge is 0.214 e. The minimum absolute atomic E-state index is 0. The molecule has 0 bridgehead atoms. The van der Waals surface area contributed by atoms with Crippen molar-refractivity contribution in [2.24, 2.45) is 5.92 Å². The van der Waals surface area contributed by atoms with Crippen LogP contribution in [-0.2, 0) is 10.0 Å². The molecule has 6 heteroatoms. The van der Waals surface area contributed by atoms with E-state index in [-0.39, 0.29) is 18.4 Å². The molecular weight excluding hydrogens is 260 g/mol. The molecule has 1 N–H and O–H groups in total. The Bertz CT molecular complexity index is 330. The van der Waals surface area contributed by atoms with Gasteiger partial charge in [0, 0.05) is 19.1 Å². The van der Waals surface area contributed by atoms with Gasteiger partial charge in [-0.1, -0.05) is 12.8 Å². The standard InChI is InChI=1S/C11H22N2O2S.ClH/c1-12-9-11-3-2-7-13(11)16(14,15)8-6-10-4-5-10;/h10-12H,2-9H2,1H3;1H. The van der Waals surface area contributed by atoms with Crippen LogP contribution in [0.5, 0.6) is 0 Å². The Morgan fingerprint density at radius 1 is 1.29 bits per heavy atom.